The monoisotopic (exact) mass is 325 g/mol. The topological polar surface area (TPSA) is 44.4 Å². The van der Waals surface area contributed by atoms with Gasteiger partial charge in [-0.2, -0.15) is 0 Å². The molecule has 24 heavy (non-hydrogen) atoms. The number of rotatable bonds is 8. The maximum Gasteiger partial charge on any atom is 0.239 e. The summed E-state index contributed by atoms with van der Waals surface area (Å²) in [5, 5.41) is 6.09. The van der Waals surface area contributed by atoms with Crippen LogP contribution in [0.4, 0.5) is 11.4 Å². The van der Waals surface area contributed by atoms with Gasteiger partial charge in [-0.1, -0.05) is 29.8 Å². The molecule has 1 amide bonds. The average molecular weight is 325 g/mol. The second-order valence-electron chi connectivity index (χ2n) is 5.84. The number of carbonyl (C=O) groups is 1. The van der Waals surface area contributed by atoms with Gasteiger partial charge in [-0.15, -0.1) is 0 Å². The molecule has 0 aliphatic rings. The summed E-state index contributed by atoms with van der Waals surface area (Å²) in [6.45, 7) is 9.16. The molecule has 128 valence electrons. The van der Waals surface area contributed by atoms with Crippen molar-refractivity contribution in [2.45, 2.75) is 27.3 Å². The molecule has 0 atom stereocenters. The van der Waals surface area contributed by atoms with Crippen molar-refractivity contribution in [2.24, 2.45) is 0 Å². The Morgan fingerprint density at radius 1 is 0.958 bits per heavy atom. The summed E-state index contributed by atoms with van der Waals surface area (Å²) in [4.78, 5) is 14.2. The van der Waals surface area contributed by atoms with Crippen LogP contribution in [0, 0.1) is 6.92 Å². The number of nitrogens with zero attached hydrogens (tertiary/aromatic N) is 1. The molecule has 0 aromatic heterocycles. The van der Waals surface area contributed by atoms with E-state index in [1.54, 1.807) is 0 Å². The zero-order valence-electron chi connectivity index (χ0n) is 14.8. The van der Waals surface area contributed by atoms with Gasteiger partial charge in [-0.05, 0) is 50.6 Å². The molecular formula is C20H27N3O. The maximum absolute atomic E-state index is 11.9. The smallest absolute Gasteiger partial charge is 0.239 e. The van der Waals surface area contributed by atoms with Crippen LogP contribution in [0.25, 0.3) is 0 Å². The van der Waals surface area contributed by atoms with E-state index >= 15 is 0 Å². The Hall–Kier alpha value is -2.49. The molecule has 0 radical (unpaired) electrons. The average Bonchev–Trinajstić information content (AvgIpc) is 2.61. The van der Waals surface area contributed by atoms with Gasteiger partial charge in [0.25, 0.3) is 0 Å². The van der Waals surface area contributed by atoms with E-state index in [0.717, 1.165) is 24.3 Å². The predicted molar refractivity (Wildman–Crippen MR) is 102 cm³/mol. The number of amides is 1. The largest absolute Gasteiger partial charge is 0.376 e. The fourth-order valence-corrected chi connectivity index (χ4v) is 2.53. The Labute approximate surface area is 144 Å². The van der Waals surface area contributed by atoms with Gasteiger partial charge in [-0.3, -0.25) is 4.79 Å². The van der Waals surface area contributed by atoms with Crippen LogP contribution < -0.4 is 15.5 Å². The minimum atomic E-state index is -0.0107. The normalized spacial score (nSPS) is 10.3. The van der Waals surface area contributed by atoms with E-state index in [9.17, 15) is 4.79 Å². The number of aryl methyl sites for hydroxylation is 1. The zero-order chi connectivity index (χ0) is 17.4. The Balaban J connectivity index is 1.78. The number of carbonyl (C=O) groups excluding carboxylic acids is 1. The van der Waals surface area contributed by atoms with Gasteiger partial charge >= 0.3 is 0 Å². The van der Waals surface area contributed by atoms with Crippen molar-refractivity contribution >= 4 is 17.3 Å². The number of hydrogen-bond donors (Lipinski definition) is 2. The second-order valence-corrected chi connectivity index (χ2v) is 5.84. The lowest BCUT2D eigenvalue weighted by atomic mass is 10.1. The molecule has 4 heteroatoms. The first-order chi connectivity index (χ1) is 11.6. The Bertz CT molecular complexity index is 631. The minimum absolute atomic E-state index is 0.0107. The van der Waals surface area contributed by atoms with E-state index in [2.05, 4.69) is 60.6 Å². The van der Waals surface area contributed by atoms with Gasteiger partial charge in [-0.25, -0.2) is 0 Å². The van der Waals surface area contributed by atoms with Crippen LogP contribution in [0.15, 0.2) is 48.5 Å². The molecule has 0 unspecified atom stereocenters. The fourth-order valence-electron chi connectivity index (χ4n) is 2.53. The number of nitrogens with one attached hydrogen (secondary N) is 2. The van der Waals surface area contributed by atoms with Crippen LogP contribution >= 0.6 is 0 Å². The molecule has 2 aromatic carbocycles. The quantitative estimate of drug-likeness (QED) is 0.780. The van der Waals surface area contributed by atoms with Crippen LogP contribution in [0.2, 0.25) is 0 Å². The summed E-state index contributed by atoms with van der Waals surface area (Å²) in [6, 6.07) is 16.4. The highest BCUT2D eigenvalue weighted by Crippen LogP contribution is 2.17. The second kappa shape index (κ2) is 8.96. The fraction of sp³-hybridized carbons (Fsp3) is 0.350. The first kappa shape index (κ1) is 17.9. The van der Waals surface area contributed by atoms with Gasteiger partial charge in [0.1, 0.15) is 0 Å². The molecule has 0 spiro atoms. The van der Waals surface area contributed by atoms with Gasteiger partial charge in [0.2, 0.25) is 5.91 Å². The molecule has 2 N–H and O–H groups in total. The van der Waals surface area contributed by atoms with Crippen molar-refractivity contribution < 1.29 is 4.79 Å². The third-order valence-electron chi connectivity index (χ3n) is 4.06. The van der Waals surface area contributed by atoms with E-state index in [0.29, 0.717) is 6.54 Å². The first-order valence-electron chi connectivity index (χ1n) is 8.53. The van der Waals surface area contributed by atoms with Crippen LogP contribution in [-0.4, -0.2) is 25.5 Å². The summed E-state index contributed by atoms with van der Waals surface area (Å²) in [5.74, 6) is -0.0107. The van der Waals surface area contributed by atoms with Crippen LogP contribution in [0.5, 0.6) is 0 Å². The molecule has 4 nitrogen and oxygen atoms in total. The number of benzene rings is 2. The number of anilines is 2. The van der Waals surface area contributed by atoms with E-state index in [1.807, 2.05) is 24.3 Å². The lowest BCUT2D eigenvalue weighted by molar-refractivity contribution is -0.119. The molecule has 2 rings (SSSR count). The summed E-state index contributed by atoms with van der Waals surface area (Å²) in [5.41, 5.74) is 4.49. The minimum Gasteiger partial charge on any atom is -0.376 e. The van der Waals surface area contributed by atoms with Crippen molar-refractivity contribution in [1.82, 2.24) is 5.32 Å². The van der Waals surface area contributed by atoms with Gasteiger partial charge < -0.3 is 15.5 Å². The molecule has 0 fully saturated rings. The summed E-state index contributed by atoms with van der Waals surface area (Å²) in [7, 11) is 0. The highest BCUT2D eigenvalue weighted by atomic mass is 16.1. The van der Waals surface area contributed by atoms with Gasteiger partial charge in [0.15, 0.2) is 0 Å². The highest BCUT2D eigenvalue weighted by molar-refractivity contribution is 5.80. The van der Waals surface area contributed by atoms with Gasteiger partial charge in [0.05, 0.1) is 6.54 Å². The first-order valence-corrected chi connectivity index (χ1v) is 8.53. The zero-order valence-corrected chi connectivity index (χ0v) is 14.8. The highest BCUT2D eigenvalue weighted by Gasteiger charge is 2.03. The Morgan fingerprint density at radius 2 is 1.58 bits per heavy atom. The van der Waals surface area contributed by atoms with Crippen molar-refractivity contribution in [1.29, 1.82) is 0 Å². The standard InChI is InChI=1S/C20H27N3O/c1-4-23(5-2)19-12-10-18(11-13-19)21-15-20(24)22-14-17-8-6-16(3)7-9-17/h6-13,21H,4-5,14-15H2,1-3H3,(H,22,24). The molecule has 0 bridgehead atoms. The van der Waals surface area contributed by atoms with Crippen LogP contribution in [-0.2, 0) is 11.3 Å². The molecule has 2 aromatic rings. The van der Waals surface area contributed by atoms with Crippen molar-refractivity contribution in [3.63, 3.8) is 0 Å². The van der Waals surface area contributed by atoms with E-state index in [1.165, 1.54) is 11.3 Å². The SMILES string of the molecule is CCN(CC)c1ccc(NCC(=O)NCc2ccc(C)cc2)cc1. The van der Waals surface area contributed by atoms with Crippen LogP contribution in [0.3, 0.4) is 0 Å². The third kappa shape index (κ3) is 5.30. The molecular weight excluding hydrogens is 298 g/mol. The Kier molecular flexibility index (Phi) is 6.67. The van der Waals surface area contributed by atoms with E-state index in [4.69, 9.17) is 0 Å². The third-order valence-corrected chi connectivity index (χ3v) is 4.06. The molecule has 0 saturated carbocycles. The Morgan fingerprint density at radius 3 is 2.17 bits per heavy atom. The van der Waals surface area contributed by atoms with Crippen molar-refractivity contribution in [3.8, 4) is 0 Å². The number of hydrogen-bond acceptors (Lipinski definition) is 3. The predicted octanol–water partition coefficient (Wildman–Crippen LogP) is 3.57. The van der Waals surface area contributed by atoms with Crippen LogP contribution in [0.1, 0.15) is 25.0 Å². The molecule has 0 aliphatic heterocycles. The summed E-state index contributed by atoms with van der Waals surface area (Å²) >= 11 is 0. The molecule has 0 saturated heterocycles. The lowest BCUT2D eigenvalue weighted by Crippen LogP contribution is -2.29. The maximum atomic E-state index is 11.9. The molecule has 0 aliphatic carbocycles. The molecule has 0 heterocycles. The van der Waals surface area contributed by atoms with Gasteiger partial charge in [0, 0.05) is 31.0 Å². The lowest BCUT2D eigenvalue weighted by Gasteiger charge is -2.21. The summed E-state index contributed by atoms with van der Waals surface area (Å²) in [6.07, 6.45) is 0. The van der Waals surface area contributed by atoms with Crippen molar-refractivity contribution in [2.75, 3.05) is 29.9 Å². The van der Waals surface area contributed by atoms with E-state index < -0.39 is 0 Å². The van der Waals surface area contributed by atoms with Crippen molar-refractivity contribution in [3.05, 3.63) is 59.7 Å². The van der Waals surface area contributed by atoms with E-state index in [-0.39, 0.29) is 12.5 Å². The summed E-state index contributed by atoms with van der Waals surface area (Å²) < 4.78 is 0.